The molecule has 0 saturated carbocycles. The third-order valence-electron chi connectivity index (χ3n) is 13.7. The Kier molecular flexibility index (Phi) is 7.38. The summed E-state index contributed by atoms with van der Waals surface area (Å²) >= 11 is 0. The molecule has 0 saturated heterocycles. The molecule has 0 unspecified atom stereocenters. The molecule has 0 aliphatic heterocycles. The fraction of sp³-hybridized carbons (Fsp3) is 0.276. The Morgan fingerprint density at radius 3 is 1.03 bits per heavy atom. The van der Waals surface area contributed by atoms with Crippen molar-refractivity contribution in [3.8, 4) is 22.3 Å². The van der Waals surface area contributed by atoms with Crippen LogP contribution in [-0.4, -0.2) is 8.80 Å². The third kappa shape index (κ3) is 5.06. The van der Waals surface area contributed by atoms with Crippen LogP contribution in [0, 0.1) is 0 Å². The van der Waals surface area contributed by atoms with Gasteiger partial charge in [0.05, 0.1) is 33.1 Å². The largest absolute Gasteiger partial charge is 0.308 e. The lowest BCUT2D eigenvalue weighted by Crippen LogP contribution is -2.16. The lowest BCUT2D eigenvalue weighted by Gasteiger charge is -2.27. The Labute approximate surface area is 354 Å². The molecule has 0 spiro atoms. The Morgan fingerprint density at radius 2 is 0.667 bits per heavy atom. The van der Waals surface area contributed by atoms with Gasteiger partial charge in [-0.1, -0.05) is 168 Å². The van der Waals surface area contributed by atoms with Crippen LogP contribution in [0.1, 0.15) is 105 Å². The highest BCUT2D eigenvalue weighted by Gasteiger charge is 2.30. The molecule has 0 amide bonds. The summed E-state index contributed by atoms with van der Waals surface area (Å²) < 4.78 is 5.17. The zero-order chi connectivity index (χ0) is 42.0. The van der Waals surface area contributed by atoms with Crippen molar-refractivity contribution in [2.75, 3.05) is 0 Å². The van der Waals surface area contributed by atoms with Crippen molar-refractivity contribution < 1.29 is 0 Å². The number of fused-ring (bicyclic) bond motifs is 14. The van der Waals surface area contributed by atoms with Gasteiger partial charge in [-0.3, -0.25) is 0 Å². The minimum atomic E-state index is -0.00701. The number of aromatic nitrogens is 2. The highest BCUT2D eigenvalue weighted by molar-refractivity contribution is 6.45. The second-order valence-corrected chi connectivity index (χ2v) is 21.9. The summed E-state index contributed by atoms with van der Waals surface area (Å²) in [4.78, 5) is 0. The van der Waals surface area contributed by atoms with Gasteiger partial charge in [0.15, 0.2) is 0 Å². The maximum atomic E-state index is 2.59. The molecule has 60 heavy (non-hydrogen) atoms. The molecule has 11 aromatic rings. The molecule has 2 nitrogen and oxygen atoms in total. The van der Waals surface area contributed by atoms with E-state index in [0.717, 1.165) is 0 Å². The highest BCUT2D eigenvalue weighted by Crippen LogP contribution is 2.53. The molecular formula is C58H56N2. The van der Waals surface area contributed by atoms with Crippen LogP contribution in [0.5, 0.6) is 0 Å². The van der Waals surface area contributed by atoms with Crippen LogP contribution in [0.4, 0.5) is 0 Å². The first-order chi connectivity index (χ1) is 28.3. The molecule has 4 aromatic heterocycles. The fourth-order valence-corrected chi connectivity index (χ4v) is 10.7. The van der Waals surface area contributed by atoms with E-state index in [1.54, 1.807) is 0 Å². The van der Waals surface area contributed by atoms with Gasteiger partial charge in [-0.15, -0.1) is 0 Å². The first kappa shape index (κ1) is 37.2. The highest BCUT2D eigenvalue weighted by atomic mass is 14.9. The number of benzene rings is 7. The summed E-state index contributed by atoms with van der Waals surface area (Å²) in [6, 6.07) is 47.3. The zero-order valence-corrected chi connectivity index (χ0v) is 37.4. The van der Waals surface area contributed by atoms with Crippen LogP contribution in [0.15, 0.2) is 121 Å². The van der Waals surface area contributed by atoms with Crippen LogP contribution in [0.2, 0.25) is 0 Å². The van der Waals surface area contributed by atoms with Crippen molar-refractivity contribution in [2.24, 2.45) is 0 Å². The smallest absolute Gasteiger partial charge is 0.0634 e. The average Bonchev–Trinajstić information content (AvgIpc) is 3.92. The molecule has 4 heterocycles. The normalized spacial score (nSPS) is 13.7. The molecule has 0 N–H and O–H groups in total. The minimum Gasteiger partial charge on any atom is -0.308 e. The van der Waals surface area contributed by atoms with Gasteiger partial charge in [0, 0.05) is 43.1 Å². The minimum absolute atomic E-state index is 0.00701. The quantitative estimate of drug-likeness (QED) is 0.165. The summed E-state index contributed by atoms with van der Waals surface area (Å²) in [5.74, 6) is 0. The van der Waals surface area contributed by atoms with Crippen molar-refractivity contribution in [1.29, 1.82) is 0 Å². The molecule has 298 valence electrons. The third-order valence-corrected chi connectivity index (χ3v) is 13.7. The first-order valence-electron chi connectivity index (χ1n) is 21.9. The molecule has 2 heteroatoms. The van der Waals surface area contributed by atoms with Gasteiger partial charge in [-0.25, -0.2) is 0 Å². The number of para-hydroxylation sites is 2. The predicted octanol–water partition coefficient (Wildman–Crippen LogP) is 16.5. The number of nitrogens with zero attached hydrogens (tertiary/aromatic N) is 2. The van der Waals surface area contributed by atoms with E-state index >= 15 is 0 Å². The summed E-state index contributed by atoms with van der Waals surface area (Å²) in [6.07, 6.45) is 0. The topological polar surface area (TPSA) is 8.82 Å². The maximum Gasteiger partial charge on any atom is 0.0634 e. The van der Waals surface area contributed by atoms with Crippen LogP contribution < -0.4 is 0 Å². The standard InChI is InChI=1S/C58H56N2/c1-55(2,3)35-23-25-43(57(7,8)9)39(31-35)33-21-27-47-41(29-33)51-49-37-17-13-16-20-46(37)60-48-28-22-34(40-32-36(56(4,5)6)24-26-44(40)58(10,11)12)30-42(48)52(54(49)60)50-38-18-14-15-19-45(38)59(47)53(50)51/h13-32H,1-12H3. The zero-order valence-electron chi connectivity index (χ0n) is 37.4. The lowest BCUT2D eigenvalue weighted by atomic mass is 9.77. The molecular weight excluding hydrogens is 725 g/mol. The van der Waals surface area contributed by atoms with E-state index in [1.807, 2.05) is 0 Å². The van der Waals surface area contributed by atoms with E-state index in [2.05, 4.69) is 213 Å². The van der Waals surface area contributed by atoms with Gasteiger partial charge in [0.25, 0.3) is 0 Å². The van der Waals surface area contributed by atoms with Crippen LogP contribution in [0.25, 0.3) is 98.4 Å². The van der Waals surface area contributed by atoms with Crippen molar-refractivity contribution in [1.82, 2.24) is 8.80 Å². The maximum absolute atomic E-state index is 2.59. The molecule has 0 radical (unpaired) electrons. The van der Waals surface area contributed by atoms with Gasteiger partial charge < -0.3 is 8.80 Å². The summed E-state index contributed by atoms with van der Waals surface area (Å²) in [7, 11) is 0. The molecule has 7 aromatic carbocycles. The monoisotopic (exact) mass is 780 g/mol. The van der Waals surface area contributed by atoms with Crippen LogP contribution in [-0.2, 0) is 21.7 Å². The van der Waals surface area contributed by atoms with E-state index < -0.39 is 0 Å². The van der Waals surface area contributed by atoms with E-state index in [9.17, 15) is 0 Å². The van der Waals surface area contributed by atoms with E-state index in [4.69, 9.17) is 0 Å². The fourth-order valence-electron chi connectivity index (χ4n) is 10.7. The van der Waals surface area contributed by atoms with E-state index in [1.165, 1.54) is 121 Å². The summed E-state index contributed by atoms with van der Waals surface area (Å²) in [5, 5.41) is 10.7. The van der Waals surface area contributed by atoms with Crippen molar-refractivity contribution in [2.45, 2.75) is 105 Å². The summed E-state index contributed by atoms with van der Waals surface area (Å²) in [5.41, 5.74) is 18.5. The number of hydrogen-bond acceptors (Lipinski definition) is 0. The Morgan fingerprint density at radius 1 is 0.317 bits per heavy atom. The Hall–Kier alpha value is -5.86. The molecule has 11 rings (SSSR count). The van der Waals surface area contributed by atoms with Crippen molar-refractivity contribution >= 4 is 76.2 Å². The molecule has 0 fully saturated rings. The first-order valence-corrected chi connectivity index (χ1v) is 21.9. The Bertz CT molecular complexity index is 3320. The van der Waals surface area contributed by atoms with Gasteiger partial charge in [-0.05, 0) is 103 Å². The van der Waals surface area contributed by atoms with Gasteiger partial charge in [-0.2, -0.15) is 0 Å². The number of hydrogen-bond donors (Lipinski definition) is 0. The van der Waals surface area contributed by atoms with Crippen LogP contribution >= 0.6 is 0 Å². The van der Waals surface area contributed by atoms with Crippen molar-refractivity contribution in [3.63, 3.8) is 0 Å². The van der Waals surface area contributed by atoms with Gasteiger partial charge >= 0.3 is 0 Å². The summed E-state index contributed by atoms with van der Waals surface area (Å²) in [6.45, 7) is 28.0. The average molecular weight is 781 g/mol. The molecule has 0 atom stereocenters. The molecule has 0 bridgehead atoms. The van der Waals surface area contributed by atoms with Gasteiger partial charge in [0.2, 0.25) is 0 Å². The molecule has 0 aliphatic carbocycles. The second kappa shape index (κ2) is 11.9. The second-order valence-electron chi connectivity index (χ2n) is 21.9. The lowest BCUT2D eigenvalue weighted by molar-refractivity contribution is 0.578. The van der Waals surface area contributed by atoms with E-state index in [-0.39, 0.29) is 21.7 Å². The number of rotatable bonds is 2. The van der Waals surface area contributed by atoms with E-state index in [0.29, 0.717) is 0 Å². The predicted molar refractivity (Wildman–Crippen MR) is 261 cm³/mol. The SMILES string of the molecule is CC(C)(C)c1ccc(C(C)(C)C)c(-c2ccc3c(c2)c2c4c5ccccc5n5c6ccc(-c7cc(C(C)(C)C)ccc7C(C)(C)C)cc6c(c6c7ccccc7n3c62)c45)c1. The van der Waals surface area contributed by atoms with Gasteiger partial charge in [0.1, 0.15) is 0 Å². The Balaban J connectivity index is 1.32. The molecule has 0 aliphatic rings. The van der Waals surface area contributed by atoms with Crippen LogP contribution in [0.3, 0.4) is 0 Å². The van der Waals surface area contributed by atoms with Crippen molar-refractivity contribution in [3.05, 3.63) is 144 Å².